The molecule has 5 heteroatoms. The van der Waals surface area contributed by atoms with Crippen molar-refractivity contribution < 1.29 is 14.3 Å². The molecule has 5 nitrogen and oxygen atoms in total. The average molecular weight is 330 g/mol. The van der Waals surface area contributed by atoms with Gasteiger partial charge in [0.15, 0.2) is 0 Å². The molecule has 2 rings (SSSR count). The summed E-state index contributed by atoms with van der Waals surface area (Å²) in [5.74, 6) is 0.0834. The maximum absolute atomic E-state index is 12.4. The van der Waals surface area contributed by atoms with Gasteiger partial charge in [-0.2, -0.15) is 0 Å². The molecule has 0 spiro atoms. The number of carbonyl (C=O) groups excluding carboxylic acids is 2. The molecule has 1 heterocycles. The van der Waals surface area contributed by atoms with E-state index in [-0.39, 0.29) is 12.0 Å². The molecule has 0 bridgehead atoms. The minimum absolute atomic E-state index is 0.0834. The molecule has 0 unspecified atom stereocenters. The van der Waals surface area contributed by atoms with Crippen molar-refractivity contribution in [3.8, 4) is 0 Å². The summed E-state index contributed by atoms with van der Waals surface area (Å²) in [4.78, 5) is 27.9. The van der Waals surface area contributed by atoms with Crippen LogP contribution >= 0.6 is 0 Å². The van der Waals surface area contributed by atoms with Crippen molar-refractivity contribution in [3.05, 3.63) is 42.0 Å². The van der Waals surface area contributed by atoms with Gasteiger partial charge in [0.25, 0.3) is 0 Å². The minimum atomic E-state index is -0.500. The van der Waals surface area contributed by atoms with Crippen LogP contribution in [-0.2, 0) is 16.0 Å². The Hall–Kier alpha value is -2.30. The van der Waals surface area contributed by atoms with E-state index in [0.717, 1.165) is 11.1 Å². The Morgan fingerprint density at radius 1 is 1.17 bits per heavy atom. The minimum Gasteiger partial charge on any atom is -0.444 e. The van der Waals surface area contributed by atoms with E-state index in [9.17, 15) is 9.59 Å². The highest BCUT2D eigenvalue weighted by Crippen LogP contribution is 2.13. The zero-order chi connectivity index (χ0) is 17.7. The molecule has 0 saturated carbocycles. The molecule has 0 aliphatic carbocycles. The fourth-order valence-electron chi connectivity index (χ4n) is 2.58. The number of nitrogens with zero attached hydrogens (tertiary/aromatic N) is 2. The van der Waals surface area contributed by atoms with Crippen LogP contribution in [0, 0.1) is 0 Å². The second-order valence-corrected chi connectivity index (χ2v) is 6.97. The molecule has 0 N–H and O–H groups in total. The van der Waals surface area contributed by atoms with Crippen LogP contribution in [0.3, 0.4) is 0 Å². The maximum Gasteiger partial charge on any atom is 0.410 e. The fraction of sp³-hybridized carbons (Fsp3) is 0.474. The SMILES string of the molecule is C=Cc1cccc(CC(=O)N2CCN(C(=O)OC(C)(C)C)CC2)c1. The molecule has 1 aliphatic heterocycles. The molecule has 1 saturated heterocycles. The van der Waals surface area contributed by atoms with Crippen LogP contribution in [0.15, 0.2) is 30.8 Å². The van der Waals surface area contributed by atoms with Gasteiger partial charge in [-0.25, -0.2) is 4.79 Å². The van der Waals surface area contributed by atoms with E-state index in [2.05, 4.69) is 6.58 Å². The molecule has 0 radical (unpaired) electrons. The molecule has 1 fully saturated rings. The van der Waals surface area contributed by atoms with Gasteiger partial charge in [-0.3, -0.25) is 4.79 Å². The summed E-state index contributed by atoms with van der Waals surface area (Å²) in [5, 5.41) is 0. The van der Waals surface area contributed by atoms with Crippen LogP contribution in [0.5, 0.6) is 0 Å². The van der Waals surface area contributed by atoms with E-state index < -0.39 is 5.60 Å². The molecule has 130 valence electrons. The van der Waals surface area contributed by atoms with E-state index in [1.165, 1.54) is 0 Å². The Morgan fingerprint density at radius 2 is 1.79 bits per heavy atom. The highest BCUT2D eigenvalue weighted by Gasteiger charge is 2.27. The average Bonchev–Trinajstić information content (AvgIpc) is 2.53. The molecule has 1 aliphatic rings. The Morgan fingerprint density at radius 3 is 2.38 bits per heavy atom. The first-order chi connectivity index (χ1) is 11.3. The Balaban J connectivity index is 1.86. The van der Waals surface area contributed by atoms with E-state index in [1.54, 1.807) is 15.9 Å². The molecular weight excluding hydrogens is 304 g/mol. The number of ether oxygens (including phenoxy) is 1. The van der Waals surface area contributed by atoms with Crippen LogP contribution < -0.4 is 0 Å². The lowest BCUT2D eigenvalue weighted by Gasteiger charge is -2.35. The number of rotatable bonds is 3. The summed E-state index contributed by atoms with van der Waals surface area (Å²) in [5.41, 5.74) is 1.49. The first-order valence-corrected chi connectivity index (χ1v) is 8.25. The molecule has 1 aromatic rings. The van der Waals surface area contributed by atoms with Crippen molar-refractivity contribution in [1.29, 1.82) is 0 Å². The third-order valence-electron chi connectivity index (χ3n) is 3.83. The largest absolute Gasteiger partial charge is 0.444 e. The van der Waals surface area contributed by atoms with Crippen molar-refractivity contribution in [3.63, 3.8) is 0 Å². The van der Waals surface area contributed by atoms with Gasteiger partial charge >= 0.3 is 6.09 Å². The van der Waals surface area contributed by atoms with Crippen molar-refractivity contribution >= 4 is 18.1 Å². The lowest BCUT2D eigenvalue weighted by atomic mass is 10.1. The normalized spacial score (nSPS) is 15.1. The molecule has 0 aromatic heterocycles. The summed E-state index contributed by atoms with van der Waals surface area (Å²) in [6, 6.07) is 7.81. The third kappa shape index (κ3) is 5.11. The highest BCUT2D eigenvalue weighted by molar-refractivity contribution is 5.79. The van der Waals surface area contributed by atoms with Crippen molar-refractivity contribution in [2.75, 3.05) is 26.2 Å². The number of hydrogen-bond acceptors (Lipinski definition) is 3. The lowest BCUT2D eigenvalue weighted by Crippen LogP contribution is -2.51. The van der Waals surface area contributed by atoms with Gasteiger partial charge < -0.3 is 14.5 Å². The van der Waals surface area contributed by atoms with Gasteiger partial charge in [0.2, 0.25) is 5.91 Å². The number of piperazine rings is 1. The van der Waals surface area contributed by atoms with Gasteiger partial charge in [-0.1, -0.05) is 36.9 Å². The van der Waals surface area contributed by atoms with Crippen LogP contribution in [0.25, 0.3) is 6.08 Å². The van der Waals surface area contributed by atoms with Crippen LogP contribution in [0.4, 0.5) is 4.79 Å². The van der Waals surface area contributed by atoms with Crippen LogP contribution in [0.1, 0.15) is 31.9 Å². The summed E-state index contributed by atoms with van der Waals surface area (Å²) in [6.45, 7) is 11.4. The smallest absolute Gasteiger partial charge is 0.410 e. The summed E-state index contributed by atoms with van der Waals surface area (Å²) < 4.78 is 5.37. The van der Waals surface area contributed by atoms with E-state index in [1.807, 2.05) is 45.0 Å². The molecule has 1 aromatic carbocycles. The Labute approximate surface area is 143 Å². The third-order valence-corrected chi connectivity index (χ3v) is 3.83. The summed E-state index contributed by atoms with van der Waals surface area (Å²) in [6.07, 6.45) is 1.83. The van der Waals surface area contributed by atoms with Gasteiger partial charge in [-0.05, 0) is 31.9 Å². The van der Waals surface area contributed by atoms with Gasteiger partial charge in [0.1, 0.15) is 5.60 Å². The van der Waals surface area contributed by atoms with Crippen molar-refractivity contribution in [1.82, 2.24) is 9.80 Å². The van der Waals surface area contributed by atoms with Gasteiger partial charge in [0.05, 0.1) is 6.42 Å². The number of amides is 2. The van der Waals surface area contributed by atoms with Gasteiger partial charge in [-0.15, -0.1) is 0 Å². The Kier molecular flexibility index (Phi) is 5.65. The van der Waals surface area contributed by atoms with E-state index in [0.29, 0.717) is 32.6 Å². The fourth-order valence-corrected chi connectivity index (χ4v) is 2.58. The highest BCUT2D eigenvalue weighted by atomic mass is 16.6. The maximum atomic E-state index is 12.4. The quantitative estimate of drug-likeness (QED) is 0.856. The molecule has 2 amide bonds. The van der Waals surface area contributed by atoms with Crippen molar-refractivity contribution in [2.45, 2.75) is 32.8 Å². The monoisotopic (exact) mass is 330 g/mol. The topological polar surface area (TPSA) is 49.9 Å². The molecule has 24 heavy (non-hydrogen) atoms. The van der Waals surface area contributed by atoms with Crippen LogP contribution in [0.2, 0.25) is 0 Å². The summed E-state index contributed by atoms with van der Waals surface area (Å²) >= 11 is 0. The second-order valence-electron chi connectivity index (χ2n) is 6.97. The second kappa shape index (κ2) is 7.51. The Bertz CT molecular complexity index is 611. The van der Waals surface area contributed by atoms with E-state index >= 15 is 0 Å². The van der Waals surface area contributed by atoms with Gasteiger partial charge in [0, 0.05) is 26.2 Å². The number of hydrogen-bond donors (Lipinski definition) is 0. The number of carbonyl (C=O) groups is 2. The zero-order valence-electron chi connectivity index (χ0n) is 14.7. The predicted octanol–water partition coefficient (Wildman–Crippen LogP) is 2.95. The standard InChI is InChI=1S/C19H26N2O3/c1-5-15-7-6-8-16(13-15)14-17(22)20-9-11-21(12-10-20)18(23)24-19(2,3)4/h5-8,13H,1,9-12,14H2,2-4H3. The van der Waals surface area contributed by atoms with Crippen molar-refractivity contribution in [2.24, 2.45) is 0 Å². The van der Waals surface area contributed by atoms with E-state index in [4.69, 9.17) is 4.74 Å². The molecular formula is C19H26N2O3. The lowest BCUT2D eigenvalue weighted by molar-refractivity contribution is -0.132. The summed E-state index contributed by atoms with van der Waals surface area (Å²) in [7, 11) is 0. The number of benzene rings is 1. The van der Waals surface area contributed by atoms with Crippen LogP contribution in [-0.4, -0.2) is 53.6 Å². The zero-order valence-corrected chi connectivity index (χ0v) is 14.7. The first-order valence-electron chi connectivity index (χ1n) is 8.25. The predicted molar refractivity (Wildman–Crippen MR) is 94.6 cm³/mol. The first kappa shape index (κ1) is 18.0. The molecule has 0 atom stereocenters.